The van der Waals surface area contributed by atoms with Crippen molar-refractivity contribution in [2.24, 2.45) is 0 Å². The van der Waals surface area contributed by atoms with Crippen molar-refractivity contribution in [1.29, 1.82) is 0 Å². The fourth-order valence-electron chi connectivity index (χ4n) is 1.75. The molecule has 0 radical (unpaired) electrons. The van der Waals surface area contributed by atoms with E-state index in [1.54, 1.807) is 17.8 Å². The number of carbonyl (C=O) groups excluding carboxylic acids is 1. The molecule has 0 atom stereocenters. The van der Waals surface area contributed by atoms with Crippen molar-refractivity contribution in [2.45, 2.75) is 32.2 Å². The average molecular weight is 262 g/mol. The van der Waals surface area contributed by atoms with Gasteiger partial charge < -0.3 is 9.26 Å². The number of ether oxygens (including phenoxy) is 1. The van der Waals surface area contributed by atoms with E-state index in [1.807, 2.05) is 0 Å². The van der Waals surface area contributed by atoms with Gasteiger partial charge in [-0.05, 0) is 19.8 Å². The number of aromatic nitrogens is 4. The van der Waals surface area contributed by atoms with Crippen molar-refractivity contribution in [2.75, 3.05) is 6.61 Å². The minimum absolute atomic E-state index is 0.346. The Labute approximate surface area is 109 Å². The van der Waals surface area contributed by atoms with E-state index >= 15 is 0 Å². The first-order chi connectivity index (χ1) is 9.26. The van der Waals surface area contributed by atoms with E-state index in [0.717, 1.165) is 18.7 Å². The van der Waals surface area contributed by atoms with Crippen molar-refractivity contribution in [3.8, 4) is 0 Å². The predicted molar refractivity (Wildman–Crippen MR) is 63.6 cm³/mol. The summed E-state index contributed by atoms with van der Waals surface area (Å²) in [5.74, 6) is 1.36. The first kappa shape index (κ1) is 11.9. The van der Waals surface area contributed by atoms with Gasteiger partial charge in [-0.3, -0.25) is 4.68 Å². The molecule has 0 aromatic carbocycles. The van der Waals surface area contributed by atoms with Gasteiger partial charge >= 0.3 is 5.97 Å². The van der Waals surface area contributed by atoms with Crippen LogP contribution >= 0.6 is 0 Å². The zero-order valence-electron chi connectivity index (χ0n) is 10.6. The predicted octanol–water partition coefficient (Wildman–Crippen LogP) is 1.37. The van der Waals surface area contributed by atoms with Crippen LogP contribution in [0.4, 0.5) is 0 Å². The van der Waals surface area contributed by atoms with Crippen molar-refractivity contribution >= 4 is 5.97 Å². The third-order valence-corrected chi connectivity index (χ3v) is 2.87. The van der Waals surface area contributed by atoms with Crippen LogP contribution in [0, 0.1) is 0 Å². The summed E-state index contributed by atoms with van der Waals surface area (Å²) < 4.78 is 11.6. The first-order valence-corrected chi connectivity index (χ1v) is 6.28. The molecule has 7 nitrogen and oxygen atoms in total. The Bertz CT molecular complexity index is 585. The molecule has 1 aliphatic rings. The largest absolute Gasteiger partial charge is 0.462 e. The molecule has 100 valence electrons. The lowest BCUT2D eigenvalue weighted by molar-refractivity contribution is 0.0526. The molecule has 7 heteroatoms. The Kier molecular flexibility index (Phi) is 3.02. The molecular formula is C12H14N4O3. The number of carbonyl (C=O) groups is 1. The Hall–Kier alpha value is -2.18. The summed E-state index contributed by atoms with van der Waals surface area (Å²) >= 11 is 0. The smallest absolute Gasteiger partial charge is 0.341 e. The Morgan fingerprint density at radius 3 is 3.16 bits per heavy atom. The van der Waals surface area contributed by atoms with Crippen LogP contribution in [0.5, 0.6) is 0 Å². The highest BCUT2D eigenvalue weighted by molar-refractivity contribution is 5.88. The molecule has 3 rings (SSSR count). The van der Waals surface area contributed by atoms with Crippen LogP contribution in [0.1, 0.15) is 47.8 Å². The summed E-state index contributed by atoms with van der Waals surface area (Å²) in [7, 11) is 0. The molecule has 19 heavy (non-hydrogen) atoms. The van der Waals surface area contributed by atoms with Gasteiger partial charge in [0.25, 0.3) is 0 Å². The SMILES string of the molecule is CCOC(=O)c1cnn(Cc2nc(C3CC3)no2)c1. The normalized spacial score (nSPS) is 14.6. The lowest BCUT2D eigenvalue weighted by Crippen LogP contribution is -2.04. The highest BCUT2D eigenvalue weighted by atomic mass is 16.5. The second kappa shape index (κ2) is 4.83. The maximum atomic E-state index is 11.5. The highest BCUT2D eigenvalue weighted by Gasteiger charge is 2.28. The average Bonchev–Trinajstić information content (AvgIpc) is 2.97. The molecular weight excluding hydrogens is 248 g/mol. The minimum atomic E-state index is -0.377. The Balaban J connectivity index is 1.67. The topological polar surface area (TPSA) is 83.0 Å². The van der Waals surface area contributed by atoms with E-state index in [1.165, 1.54) is 6.20 Å². The second-order valence-corrected chi connectivity index (χ2v) is 4.47. The van der Waals surface area contributed by atoms with E-state index < -0.39 is 0 Å². The second-order valence-electron chi connectivity index (χ2n) is 4.47. The van der Waals surface area contributed by atoms with Crippen LogP contribution in [0.25, 0.3) is 0 Å². The summed E-state index contributed by atoms with van der Waals surface area (Å²) in [5.41, 5.74) is 0.420. The van der Waals surface area contributed by atoms with Crippen LogP contribution in [0.15, 0.2) is 16.9 Å². The van der Waals surface area contributed by atoms with Gasteiger partial charge in [0.05, 0.1) is 18.4 Å². The molecule has 0 spiro atoms. The molecule has 1 saturated carbocycles. The Morgan fingerprint density at radius 1 is 1.58 bits per heavy atom. The lowest BCUT2D eigenvalue weighted by Gasteiger charge is -1.97. The van der Waals surface area contributed by atoms with Crippen LogP contribution in [-0.4, -0.2) is 32.5 Å². The van der Waals surface area contributed by atoms with Crippen LogP contribution in [0.3, 0.4) is 0 Å². The molecule has 2 aromatic heterocycles. The van der Waals surface area contributed by atoms with Gasteiger partial charge in [0, 0.05) is 12.1 Å². The van der Waals surface area contributed by atoms with E-state index in [2.05, 4.69) is 15.2 Å². The van der Waals surface area contributed by atoms with Crippen LogP contribution in [0.2, 0.25) is 0 Å². The van der Waals surface area contributed by atoms with Gasteiger partial charge in [0.1, 0.15) is 6.54 Å². The van der Waals surface area contributed by atoms with Gasteiger partial charge in [-0.1, -0.05) is 5.16 Å². The van der Waals surface area contributed by atoms with Gasteiger partial charge in [-0.25, -0.2) is 4.79 Å². The zero-order valence-corrected chi connectivity index (χ0v) is 10.6. The summed E-state index contributed by atoms with van der Waals surface area (Å²) in [5, 5.41) is 8.00. The molecule has 0 aliphatic heterocycles. The molecule has 2 heterocycles. The van der Waals surface area contributed by atoms with Crippen molar-refractivity contribution in [3.05, 3.63) is 29.7 Å². The lowest BCUT2D eigenvalue weighted by atomic mass is 10.4. The molecule has 1 fully saturated rings. The number of nitrogens with zero attached hydrogens (tertiary/aromatic N) is 4. The van der Waals surface area contributed by atoms with Gasteiger partial charge in [0.15, 0.2) is 5.82 Å². The standard InChI is InChI=1S/C12H14N4O3/c1-2-18-12(17)9-5-13-16(6-9)7-10-14-11(15-19-10)8-3-4-8/h5-6,8H,2-4,7H2,1H3. The summed E-state index contributed by atoms with van der Waals surface area (Å²) in [4.78, 5) is 15.8. The molecule has 1 aliphatic carbocycles. The molecule has 0 saturated heterocycles. The molecule has 2 aromatic rings. The fourth-order valence-corrected chi connectivity index (χ4v) is 1.75. The van der Waals surface area contributed by atoms with Gasteiger partial charge in [-0.15, -0.1) is 0 Å². The van der Waals surface area contributed by atoms with Crippen molar-refractivity contribution < 1.29 is 14.1 Å². The molecule has 0 amide bonds. The fraction of sp³-hybridized carbons (Fsp3) is 0.500. The van der Waals surface area contributed by atoms with Gasteiger partial charge in [0.2, 0.25) is 5.89 Å². The molecule has 0 N–H and O–H groups in total. The molecule has 0 unspecified atom stereocenters. The maximum absolute atomic E-state index is 11.5. The Morgan fingerprint density at radius 2 is 2.42 bits per heavy atom. The molecule has 0 bridgehead atoms. The highest BCUT2D eigenvalue weighted by Crippen LogP contribution is 2.38. The van der Waals surface area contributed by atoms with E-state index in [9.17, 15) is 4.79 Å². The van der Waals surface area contributed by atoms with Crippen molar-refractivity contribution in [3.63, 3.8) is 0 Å². The number of rotatable bonds is 5. The van der Waals surface area contributed by atoms with E-state index in [-0.39, 0.29) is 5.97 Å². The van der Waals surface area contributed by atoms with Crippen molar-refractivity contribution in [1.82, 2.24) is 19.9 Å². The zero-order chi connectivity index (χ0) is 13.2. The quantitative estimate of drug-likeness (QED) is 0.757. The van der Waals surface area contributed by atoms with Crippen LogP contribution < -0.4 is 0 Å². The summed E-state index contributed by atoms with van der Waals surface area (Å²) in [6.45, 7) is 2.47. The van der Waals surface area contributed by atoms with E-state index in [4.69, 9.17) is 9.26 Å². The summed E-state index contributed by atoms with van der Waals surface area (Å²) in [6, 6.07) is 0. The minimum Gasteiger partial charge on any atom is -0.462 e. The van der Waals surface area contributed by atoms with Crippen LogP contribution in [-0.2, 0) is 11.3 Å². The first-order valence-electron chi connectivity index (χ1n) is 6.28. The monoisotopic (exact) mass is 262 g/mol. The summed E-state index contributed by atoms with van der Waals surface area (Å²) in [6.07, 6.45) is 5.34. The van der Waals surface area contributed by atoms with Gasteiger partial charge in [-0.2, -0.15) is 10.1 Å². The number of esters is 1. The number of hydrogen-bond donors (Lipinski definition) is 0. The van der Waals surface area contributed by atoms with E-state index in [0.29, 0.717) is 30.5 Å². The third kappa shape index (κ3) is 2.64. The third-order valence-electron chi connectivity index (χ3n) is 2.87. The maximum Gasteiger partial charge on any atom is 0.341 e. The number of hydrogen-bond acceptors (Lipinski definition) is 6.